The van der Waals surface area contributed by atoms with E-state index >= 15 is 0 Å². The lowest BCUT2D eigenvalue weighted by Gasteiger charge is -2.12. The summed E-state index contributed by atoms with van der Waals surface area (Å²) >= 11 is 0. The fourth-order valence-electron chi connectivity index (χ4n) is 2.07. The zero-order chi connectivity index (χ0) is 15.2. The van der Waals surface area contributed by atoms with E-state index in [1.165, 1.54) is 7.11 Å². The van der Waals surface area contributed by atoms with Crippen LogP contribution in [0.25, 0.3) is 11.3 Å². The molecule has 1 aromatic heterocycles. The lowest BCUT2D eigenvalue weighted by Crippen LogP contribution is -2.24. The van der Waals surface area contributed by atoms with E-state index in [0.29, 0.717) is 12.1 Å². The van der Waals surface area contributed by atoms with Crippen LogP contribution in [0.2, 0.25) is 0 Å². The van der Waals surface area contributed by atoms with Crippen LogP contribution in [0, 0.1) is 0 Å². The highest BCUT2D eigenvalue weighted by Gasteiger charge is 2.09. The Labute approximate surface area is 124 Å². The van der Waals surface area contributed by atoms with Gasteiger partial charge in [0.25, 0.3) is 0 Å². The Morgan fingerprint density at radius 3 is 2.57 bits per heavy atom. The zero-order valence-electron chi connectivity index (χ0n) is 12.3. The number of methoxy groups -OCH3 is 1. The molecule has 0 aliphatic heterocycles. The molecule has 0 radical (unpaired) electrons. The van der Waals surface area contributed by atoms with E-state index in [-0.39, 0.29) is 5.97 Å². The Bertz CT molecular complexity index is 590. The molecule has 2 N–H and O–H groups in total. The van der Waals surface area contributed by atoms with Crippen LogP contribution in [0.15, 0.2) is 40.8 Å². The minimum absolute atomic E-state index is 0.343. The molecule has 0 spiro atoms. The van der Waals surface area contributed by atoms with Crippen molar-refractivity contribution in [1.29, 1.82) is 0 Å². The quantitative estimate of drug-likeness (QED) is 0.825. The SMILES string of the molecule is COC(=O)c1ccc(-c2ccc(CN(C)CCN)o2)cc1. The summed E-state index contributed by atoms with van der Waals surface area (Å²) in [5.41, 5.74) is 6.97. The molecule has 0 unspecified atom stereocenters. The summed E-state index contributed by atoms with van der Waals surface area (Å²) in [6, 6.07) is 11.0. The first-order valence-electron chi connectivity index (χ1n) is 6.80. The van der Waals surface area contributed by atoms with Crippen LogP contribution in [0.1, 0.15) is 16.1 Å². The van der Waals surface area contributed by atoms with Gasteiger partial charge in [0.15, 0.2) is 0 Å². The van der Waals surface area contributed by atoms with E-state index < -0.39 is 0 Å². The van der Waals surface area contributed by atoms with Crippen molar-refractivity contribution in [3.8, 4) is 11.3 Å². The Kier molecular flexibility index (Phi) is 5.14. The van der Waals surface area contributed by atoms with Crippen LogP contribution < -0.4 is 5.73 Å². The minimum Gasteiger partial charge on any atom is -0.465 e. The largest absolute Gasteiger partial charge is 0.465 e. The van der Waals surface area contributed by atoms with E-state index in [0.717, 1.165) is 30.2 Å². The van der Waals surface area contributed by atoms with E-state index in [1.807, 2.05) is 31.3 Å². The minimum atomic E-state index is -0.343. The zero-order valence-corrected chi connectivity index (χ0v) is 12.3. The van der Waals surface area contributed by atoms with Crippen molar-refractivity contribution in [3.63, 3.8) is 0 Å². The number of carbonyl (C=O) groups excluding carboxylic acids is 1. The molecule has 21 heavy (non-hydrogen) atoms. The Balaban J connectivity index is 2.08. The van der Waals surface area contributed by atoms with E-state index in [1.54, 1.807) is 12.1 Å². The van der Waals surface area contributed by atoms with Gasteiger partial charge in [0, 0.05) is 18.7 Å². The Hall–Kier alpha value is -2.11. The number of likely N-dealkylation sites (N-methyl/N-ethyl adjacent to an activating group) is 1. The molecule has 0 bridgehead atoms. The number of carbonyl (C=O) groups is 1. The number of hydrogen-bond donors (Lipinski definition) is 1. The van der Waals surface area contributed by atoms with Crippen LogP contribution in [-0.2, 0) is 11.3 Å². The first-order chi connectivity index (χ1) is 10.1. The van der Waals surface area contributed by atoms with Gasteiger partial charge in [0.1, 0.15) is 11.5 Å². The molecule has 5 nitrogen and oxygen atoms in total. The summed E-state index contributed by atoms with van der Waals surface area (Å²) < 4.78 is 10.5. The molecule has 0 amide bonds. The predicted molar refractivity (Wildman–Crippen MR) is 80.9 cm³/mol. The Morgan fingerprint density at radius 1 is 1.24 bits per heavy atom. The molecule has 0 aliphatic carbocycles. The van der Waals surface area contributed by atoms with Crippen molar-refractivity contribution >= 4 is 5.97 Å². The average molecular weight is 288 g/mol. The number of benzene rings is 1. The third-order valence-electron chi connectivity index (χ3n) is 3.19. The summed E-state index contributed by atoms with van der Waals surface area (Å²) in [7, 11) is 3.37. The second-order valence-electron chi connectivity index (χ2n) is 4.86. The van der Waals surface area contributed by atoms with Gasteiger partial charge in [-0.3, -0.25) is 4.90 Å². The lowest BCUT2D eigenvalue weighted by molar-refractivity contribution is 0.0601. The van der Waals surface area contributed by atoms with Crippen LogP contribution >= 0.6 is 0 Å². The van der Waals surface area contributed by atoms with Gasteiger partial charge in [-0.1, -0.05) is 12.1 Å². The maximum Gasteiger partial charge on any atom is 0.337 e. The Morgan fingerprint density at radius 2 is 1.95 bits per heavy atom. The number of rotatable bonds is 6. The van der Waals surface area contributed by atoms with E-state index in [2.05, 4.69) is 9.64 Å². The second-order valence-corrected chi connectivity index (χ2v) is 4.86. The molecule has 0 saturated heterocycles. The highest BCUT2D eigenvalue weighted by atomic mass is 16.5. The number of nitrogens with zero attached hydrogens (tertiary/aromatic N) is 1. The molecule has 1 heterocycles. The van der Waals surface area contributed by atoms with E-state index in [9.17, 15) is 4.79 Å². The molecule has 0 aliphatic rings. The monoisotopic (exact) mass is 288 g/mol. The second kappa shape index (κ2) is 7.06. The fraction of sp³-hybridized carbons (Fsp3) is 0.312. The molecule has 2 rings (SSSR count). The van der Waals surface area contributed by atoms with Crippen molar-refractivity contribution in [2.45, 2.75) is 6.54 Å². The molecular formula is C16H20N2O3. The van der Waals surface area contributed by atoms with Crippen LogP contribution in [-0.4, -0.2) is 38.1 Å². The molecule has 0 saturated carbocycles. The number of esters is 1. The molecule has 1 aromatic carbocycles. The third kappa shape index (κ3) is 3.93. The summed E-state index contributed by atoms with van der Waals surface area (Å²) in [5, 5.41) is 0. The highest BCUT2D eigenvalue weighted by molar-refractivity contribution is 5.89. The number of nitrogens with two attached hydrogens (primary N) is 1. The van der Waals surface area contributed by atoms with E-state index in [4.69, 9.17) is 10.2 Å². The first kappa shape index (κ1) is 15.3. The van der Waals surface area contributed by atoms with Crippen molar-refractivity contribution < 1.29 is 13.9 Å². The fourth-order valence-corrected chi connectivity index (χ4v) is 2.07. The maximum atomic E-state index is 11.4. The molecular weight excluding hydrogens is 268 g/mol. The summed E-state index contributed by atoms with van der Waals surface area (Å²) in [4.78, 5) is 13.5. The number of ether oxygens (including phenoxy) is 1. The topological polar surface area (TPSA) is 68.7 Å². The van der Waals surface area contributed by atoms with Crippen LogP contribution in [0.3, 0.4) is 0 Å². The summed E-state index contributed by atoms with van der Waals surface area (Å²) in [6.07, 6.45) is 0. The van der Waals surface area contributed by atoms with Gasteiger partial charge in [0.2, 0.25) is 0 Å². The van der Waals surface area contributed by atoms with Gasteiger partial charge < -0.3 is 14.9 Å². The lowest BCUT2D eigenvalue weighted by atomic mass is 10.1. The summed E-state index contributed by atoms with van der Waals surface area (Å²) in [5.74, 6) is 1.32. The first-order valence-corrected chi connectivity index (χ1v) is 6.80. The third-order valence-corrected chi connectivity index (χ3v) is 3.19. The van der Waals surface area contributed by atoms with Crippen molar-refractivity contribution in [3.05, 3.63) is 47.7 Å². The molecule has 2 aromatic rings. The molecule has 0 fully saturated rings. The van der Waals surface area contributed by atoms with Crippen LogP contribution in [0.4, 0.5) is 0 Å². The van der Waals surface area contributed by atoms with Gasteiger partial charge in [-0.2, -0.15) is 0 Å². The maximum absolute atomic E-state index is 11.4. The highest BCUT2D eigenvalue weighted by Crippen LogP contribution is 2.23. The van der Waals surface area contributed by atoms with Gasteiger partial charge >= 0.3 is 5.97 Å². The van der Waals surface area contributed by atoms with Crippen molar-refractivity contribution in [1.82, 2.24) is 4.90 Å². The molecule has 0 atom stereocenters. The number of furan rings is 1. The van der Waals surface area contributed by atoms with Gasteiger partial charge in [-0.25, -0.2) is 4.79 Å². The predicted octanol–water partition coefficient (Wildman–Crippen LogP) is 2.12. The standard InChI is InChI=1S/C16H20N2O3/c1-18(10-9-17)11-14-7-8-15(21-14)12-3-5-13(6-4-12)16(19)20-2/h3-8H,9-11,17H2,1-2H3. The average Bonchev–Trinajstić information content (AvgIpc) is 2.95. The van der Waals surface area contributed by atoms with Crippen LogP contribution in [0.5, 0.6) is 0 Å². The molecule has 5 heteroatoms. The van der Waals surface area contributed by atoms with Gasteiger partial charge in [0.05, 0.1) is 19.2 Å². The number of hydrogen-bond acceptors (Lipinski definition) is 5. The smallest absolute Gasteiger partial charge is 0.337 e. The summed E-state index contributed by atoms with van der Waals surface area (Å²) in [6.45, 7) is 2.17. The molecule has 112 valence electrons. The van der Waals surface area contributed by atoms with Gasteiger partial charge in [-0.05, 0) is 31.3 Å². The van der Waals surface area contributed by atoms with Crippen molar-refractivity contribution in [2.75, 3.05) is 27.2 Å². The normalized spacial score (nSPS) is 10.9. The van der Waals surface area contributed by atoms with Crippen molar-refractivity contribution in [2.24, 2.45) is 5.73 Å². The van der Waals surface area contributed by atoms with Gasteiger partial charge in [-0.15, -0.1) is 0 Å².